The third-order valence-electron chi connectivity index (χ3n) is 2.97. The monoisotopic (exact) mass is 245 g/mol. The van der Waals surface area contributed by atoms with Crippen LogP contribution in [0.1, 0.15) is 29.8 Å². The molecule has 96 valence electrons. The number of aromatic nitrogens is 2. The van der Waals surface area contributed by atoms with Crippen molar-refractivity contribution in [2.75, 3.05) is 11.4 Å². The first-order chi connectivity index (χ1) is 8.60. The van der Waals surface area contributed by atoms with Crippen molar-refractivity contribution < 1.29 is 4.42 Å². The molecular formula is C14H19N3O. The average molecular weight is 245 g/mol. The average Bonchev–Trinajstić information content (AvgIpc) is 2.72. The zero-order chi connectivity index (χ0) is 13.1. The number of nitrogens with zero attached hydrogens (tertiary/aromatic N) is 3. The van der Waals surface area contributed by atoms with E-state index in [1.165, 1.54) is 16.8 Å². The van der Waals surface area contributed by atoms with Gasteiger partial charge in [-0.1, -0.05) is 17.7 Å². The van der Waals surface area contributed by atoms with E-state index in [1.54, 1.807) is 0 Å². The number of hydrogen-bond donors (Lipinski definition) is 0. The van der Waals surface area contributed by atoms with Gasteiger partial charge in [-0.05, 0) is 32.4 Å². The quantitative estimate of drug-likeness (QED) is 0.830. The number of benzene rings is 1. The number of aryl methyl sites for hydroxylation is 3. The topological polar surface area (TPSA) is 42.2 Å². The summed E-state index contributed by atoms with van der Waals surface area (Å²) in [6.45, 7) is 9.73. The molecule has 0 atom stereocenters. The lowest BCUT2D eigenvalue weighted by Crippen LogP contribution is -2.23. The molecule has 0 unspecified atom stereocenters. The molecule has 0 N–H and O–H groups in total. The van der Waals surface area contributed by atoms with Crippen molar-refractivity contribution in [3.63, 3.8) is 0 Å². The van der Waals surface area contributed by atoms with Crippen LogP contribution in [0, 0.1) is 20.8 Å². The van der Waals surface area contributed by atoms with Crippen LogP contribution in [0.5, 0.6) is 0 Å². The lowest BCUT2D eigenvalue weighted by Gasteiger charge is -2.23. The lowest BCUT2D eigenvalue weighted by molar-refractivity contribution is 0.463. The predicted octanol–water partition coefficient (Wildman–Crippen LogP) is 3.02. The summed E-state index contributed by atoms with van der Waals surface area (Å²) in [5, 5.41) is 7.91. The van der Waals surface area contributed by atoms with Gasteiger partial charge in [0.05, 0.1) is 6.54 Å². The minimum absolute atomic E-state index is 0.613. The van der Waals surface area contributed by atoms with Gasteiger partial charge in [-0.25, -0.2) is 0 Å². The summed E-state index contributed by atoms with van der Waals surface area (Å²) in [4.78, 5) is 2.24. The molecule has 0 bridgehead atoms. The van der Waals surface area contributed by atoms with Gasteiger partial charge in [0, 0.05) is 19.2 Å². The molecule has 0 radical (unpaired) electrons. The fraction of sp³-hybridized carbons (Fsp3) is 0.429. The smallest absolute Gasteiger partial charge is 0.235 e. The van der Waals surface area contributed by atoms with Crippen molar-refractivity contribution >= 4 is 5.69 Å². The Labute approximate surface area is 108 Å². The summed E-state index contributed by atoms with van der Waals surface area (Å²) in [6, 6.07) is 6.47. The second kappa shape index (κ2) is 5.21. The molecular weight excluding hydrogens is 226 g/mol. The van der Waals surface area contributed by atoms with Gasteiger partial charge < -0.3 is 9.32 Å². The highest BCUT2D eigenvalue weighted by atomic mass is 16.4. The highest BCUT2D eigenvalue weighted by Gasteiger charge is 2.11. The molecule has 0 aliphatic rings. The van der Waals surface area contributed by atoms with Gasteiger partial charge >= 0.3 is 0 Å². The summed E-state index contributed by atoms with van der Waals surface area (Å²) in [5.41, 5.74) is 3.77. The fourth-order valence-corrected chi connectivity index (χ4v) is 2.09. The van der Waals surface area contributed by atoms with E-state index in [1.807, 2.05) is 6.92 Å². The molecule has 0 spiro atoms. The summed E-state index contributed by atoms with van der Waals surface area (Å²) in [7, 11) is 0. The van der Waals surface area contributed by atoms with Crippen molar-refractivity contribution in [2.24, 2.45) is 0 Å². The molecule has 2 rings (SSSR count). The van der Waals surface area contributed by atoms with Gasteiger partial charge in [-0.3, -0.25) is 0 Å². The van der Waals surface area contributed by atoms with Crippen molar-refractivity contribution in [3.8, 4) is 0 Å². The Kier molecular flexibility index (Phi) is 3.65. The molecule has 1 aromatic carbocycles. The first-order valence-corrected chi connectivity index (χ1v) is 6.21. The van der Waals surface area contributed by atoms with Gasteiger partial charge in [0.2, 0.25) is 11.8 Å². The van der Waals surface area contributed by atoms with Gasteiger partial charge in [0.25, 0.3) is 0 Å². The molecule has 0 fully saturated rings. The Hall–Kier alpha value is -1.84. The van der Waals surface area contributed by atoms with E-state index in [9.17, 15) is 0 Å². The van der Waals surface area contributed by atoms with Crippen LogP contribution in [-0.4, -0.2) is 16.7 Å². The van der Waals surface area contributed by atoms with E-state index in [2.05, 4.69) is 54.1 Å². The maximum atomic E-state index is 5.44. The summed E-state index contributed by atoms with van der Waals surface area (Å²) in [5.74, 6) is 1.27. The number of hydrogen-bond acceptors (Lipinski definition) is 4. The van der Waals surface area contributed by atoms with E-state index in [0.29, 0.717) is 18.3 Å². The highest BCUT2D eigenvalue weighted by Crippen LogP contribution is 2.22. The second-order valence-corrected chi connectivity index (χ2v) is 4.52. The van der Waals surface area contributed by atoms with Crippen molar-refractivity contribution in [1.29, 1.82) is 0 Å². The van der Waals surface area contributed by atoms with E-state index < -0.39 is 0 Å². The molecule has 1 aromatic heterocycles. The Morgan fingerprint density at radius 1 is 1.17 bits per heavy atom. The normalized spacial score (nSPS) is 10.7. The van der Waals surface area contributed by atoms with Gasteiger partial charge in [0.15, 0.2) is 0 Å². The standard InChI is InChI=1S/C14H19N3O/c1-5-17(9-14-16-15-12(4)18-14)13-7-6-10(2)8-11(13)3/h6-8H,5,9H2,1-4H3. The Morgan fingerprint density at radius 3 is 2.50 bits per heavy atom. The maximum absolute atomic E-state index is 5.44. The van der Waals surface area contributed by atoms with Crippen LogP contribution in [0.4, 0.5) is 5.69 Å². The second-order valence-electron chi connectivity index (χ2n) is 4.52. The summed E-state index contributed by atoms with van der Waals surface area (Å²) < 4.78 is 5.44. The Morgan fingerprint density at radius 2 is 1.94 bits per heavy atom. The molecule has 0 aliphatic carbocycles. The first-order valence-electron chi connectivity index (χ1n) is 6.21. The zero-order valence-corrected chi connectivity index (χ0v) is 11.4. The van der Waals surface area contributed by atoms with Crippen molar-refractivity contribution in [1.82, 2.24) is 10.2 Å². The third kappa shape index (κ3) is 2.70. The third-order valence-corrected chi connectivity index (χ3v) is 2.97. The van der Waals surface area contributed by atoms with Crippen LogP contribution in [0.3, 0.4) is 0 Å². The minimum atomic E-state index is 0.613. The molecule has 0 saturated heterocycles. The summed E-state index contributed by atoms with van der Waals surface area (Å²) >= 11 is 0. The molecule has 0 amide bonds. The highest BCUT2D eigenvalue weighted by molar-refractivity contribution is 5.54. The Bertz CT molecular complexity index is 534. The molecule has 1 heterocycles. The van der Waals surface area contributed by atoms with Crippen LogP contribution >= 0.6 is 0 Å². The van der Waals surface area contributed by atoms with Crippen molar-refractivity contribution in [2.45, 2.75) is 34.2 Å². The zero-order valence-electron chi connectivity index (χ0n) is 11.4. The van der Waals surface area contributed by atoms with E-state index in [4.69, 9.17) is 4.42 Å². The molecule has 0 aliphatic heterocycles. The van der Waals surface area contributed by atoms with Crippen LogP contribution in [0.15, 0.2) is 22.6 Å². The molecule has 2 aromatic rings. The van der Waals surface area contributed by atoms with E-state index in [0.717, 1.165) is 6.54 Å². The van der Waals surface area contributed by atoms with Crippen molar-refractivity contribution in [3.05, 3.63) is 41.1 Å². The fourth-order valence-electron chi connectivity index (χ4n) is 2.09. The predicted molar refractivity (Wildman–Crippen MR) is 71.7 cm³/mol. The van der Waals surface area contributed by atoms with Gasteiger partial charge in [-0.15, -0.1) is 10.2 Å². The van der Waals surface area contributed by atoms with Crippen LogP contribution in [0.2, 0.25) is 0 Å². The molecule has 0 saturated carbocycles. The largest absolute Gasteiger partial charge is 0.424 e. The van der Waals surface area contributed by atoms with Crippen LogP contribution in [0.25, 0.3) is 0 Å². The van der Waals surface area contributed by atoms with Crippen LogP contribution in [-0.2, 0) is 6.54 Å². The van der Waals surface area contributed by atoms with Gasteiger partial charge in [-0.2, -0.15) is 0 Å². The lowest BCUT2D eigenvalue weighted by atomic mass is 10.1. The first kappa shape index (κ1) is 12.6. The summed E-state index contributed by atoms with van der Waals surface area (Å²) in [6.07, 6.45) is 0. The van der Waals surface area contributed by atoms with Gasteiger partial charge in [0.1, 0.15) is 0 Å². The molecule has 4 nitrogen and oxygen atoms in total. The maximum Gasteiger partial charge on any atom is 0.235 e. The minimum Gasteiger partial charge on any atom is -0.424 e. The van der Waals surface area contributed by atoms with Crippen LogP contribution < -0.4 is 4.90 Å². The molecule has 18 heavy (non-hydrogen) atoms. The Balaban J connectivity index is 2.22. The van der Waals surface area contributed by atoms with E-state index in [-0.39, 0.29) is 0 Å². The SMILES string of the molecule is CCN(Cc1nnc(C)o1)c1ccc(C)cc1C. The molecule has 4 heteroatoms. The number of anilines is 1. The number of rotatable bonds is 4. The van der Waals surface area contributed by atoms with E-state index >= 15 is 0 Å².